The third kappa shape index (κ3) is 5.47. The van der Waals surface area contributed by atoms with Crippen LogP contribution in [0.25, 0.3) is 0 Å². The van der Waals surface area contributed by atoms with Gasteiger partial charge < -0.3 is 15.4 Å². The van der Waals surface area contributed by atoms with Gasteiger partial charge in [-0.1, -0.05) is 25.1 Å². The molecule has 2 aromatic carbocycles. The molecule has 3 rings (SSSR count). The molecule has 2 aromatic rings. The molecule has 0 aromatic heterocycles. The maximum Gasteiger partial charge on any atom is 0.223 e. The Morgan fingerprint density at radius 1 is 1.15 bits per heavy atom. The van der Waals surface area contributed by atoms with Crippen LogP contribution in [0.4, 0.5) is 0 Å². The number of nitrogens with one attached hydrogen (secondary N) is 2. The normalized spacial score (nSPS) is 14.7. The number of hydrogen-bond acceptors (Lipinski definition) is 3. The molecule has 1 atom stereocenters. The number of hydrogen-bond donors (Lipinski definition) is 2. The van der Waals surface area contributed by atoms with E-state index in [1.807, 2.05) is 38.1 Å². The Bertz CT molecular complexity index is 783. The fourth-order valence-corrected chi connectivity index (χ4v) is 3.28. The SMILES string of the molecule is Cc1cc(C)cc(Oc2ccc(CNC(=O)C(C)C3CNC3)cc2C)c1.Cl. The van der Waals surface area contributed by atoms with Gasteiger partial charge in [0.25, 0.3) is 0 Å². The molecule has 27 heavy (non-hydrogen) atoms. The van der Waals surface area contributed by atoms with Crippen molar-refractivity contribution in [2.75, 3.05) is 13.1 Å². The summed E-state index contributed by atoms with van der Waals surface area (Å²) in [4.78, 5) is 12.2. The van der Waals surface area contributed by atoms with Crippen LogP contribution in [0.15, 0.2) is 36.4 Å². The van der Waals surface area contributed by atoms with E-state index in [0.29, 0.717) is 12.5 Å². The molecule has 1 saturated heterocycles. The molecule has 146 valence electrons. The highest BCUT2D eigenvalue weighted by molar-refractivity contribution is 5.85. The number of aryl methyl sites for hydroxylation is 3. The maximum atomic E-state index is 12.2. The highest BCUT2D eigenvalue weighted by atomic mass is 35.5. The Morgan fingerprint density at radius 3 is 2.37 bits per heavy atom. The van der Waals surface area contributed by atoms with Crippen molar-refractivity contribution in [3.05, 3.63) is 58.7 Å². The van der Waals surface area contributed by atoms with Gasteiger partial charge in [0, 0.05) is 12.5 Å². The van der Waals surface area contributed by atoms with Crippen LogP contribution in [0.5, 0.6) is 11.5 Å². The average molecular weight is 389 g/mol. The predicted octanol–water partition coefficient (Wildman–Crippen LogP) is 4.30. The van der Waals surface area contributed by atoms with Gasteiger partial charge in [-0.2, -0.15) is 0 Å². The third-order valence-electron chi connectivity index (χ3n) is 5.06. The molecule has 4 nitrogen and oxygen atoms in total. The first-order valence-corrected chi connectivity index (χ1v) is 9.26. The Hall–Kier alpha value is -2.04. The number of ether oxygens (including phenoxy) is 1. The molecule has 2 N–H and O–H groups in total. The summed E-state index contributed by atoms with van der Waals surface area (Å²) in [7, 11) is 0. The van der Waals surface area contributed by atoms with Crippen LogP contribution < -0.4 is 15.4 Å². The molecular weight excluding hydrogens is 360 g/mol. The lowest BCUT2D eigenvalue weighted by Crippen LogP contribution is -2.49. The molecule has 0 saturated carbocycles. The van der Waals surface area contributed by atoms with Crippen molar-refractivity contribution in [2.24, 2.45) is 11.8 Å². The van der Waals surface area contributed by atoms with Crippen LogP contribution in [0.3, 0.4) is 0 Å². The van der Waals surface area contributed by atoms with Gasteiger partial charge >= 0.3 is 0 Å². The molecule has 1 aliphatic heterocycles. The van der Waals surface area contributed by atoms with E-state index in [-0.39, 0.29) is 24.2 Å². The van der Waals surface area contributed by atoms with Gasteiger partial charge in [-0.05, 0) is 80.2 Å². The van der Waals surface area contributed by atoms with Crippen LogP contribution in [0, 0.1) is 32.6 Å². The summed E-state index contributed by atoms with van der Waals surface area (Å²) in [5, 5.41) is 6.27. The number of carbonyl (C=O) groups excluding carboxylic acids is 1. The predicted molar refractivity (Wildman–Crippen MR) is 112 cm³/mol. The van der Waals surface area contributed by atoms with Crippen LogP contribution in [-0.2, 0) is 11.3 Å². The summed E-state index contributed by atoms with van der Waals surface area (Å²) in [6.07, 6.45) is 0. The molecule has 0 radical (unpaired) electrons. The van der Waals surface area contributed by atoms with Crippen molar-refractivity contribution in [1.82, 2.24) is 10.6 Å². The van der Waals surface area contributed by atoms with Crippen LogP contribution in [-0.4, -0.2) is 19.0 Å². The first kappa shape index (κ1) is 21.3. The minimum Gasteiger partial charge on any atom is -0.457 e. The quantitative estimate of drug-likeness (QED) is 0.775. The summed E-state index contributed by atoms with van der Waals surface area (Å²) in [5.41, 5.74) is 4.52. The highest BCUT2D eigenvalue weighted by Gasteiger charge is 2.28. The third-order valence-corrected chi connectivity index (χ3v) is 5.06. The maximum absolute atomic E-state index is 12.2. The summed E-state index contributed by atoms with van der Waals surface area (Å²) in [5.74, 6) is 2.35. The largest absolute Gasteiger partial charge is 0.457 e. The smallest absolute Gasteiger partial charge is 0.223 e. The van der Waals surface area contributed by atoms with Crippen molar-refractivity contribution in [3.8, 4) is 11.5 Å². The monoisotopic (exact) mass is 388 g/mol. The first-order valence-electron chi connectivity index (χ1n) is 9.26. The van der Waals surface area contributed by atoms with E-state index < -0.39 is 0 Å². The second-order valence-electron chi connectivity index (χ2n) is 7.45. The van der Waals surface area contributed by atoms with Gasteiger partial charge in [0.15, 0.2) is 0 Å². The Kier molecular flexibility index (Phi) is 7.28. The lowest BCUT2D eigenvalue weighted by molar-refractivity contribution is -0.126. The summed E-state index contributed by atoms with van der Waals surface area (Å²) < 4.78 is 6.05. The van der Waals surface area contributed by atoms with Crippen LogP contribution in [0.2, 0.25) is 0 Å². The van der Waals surface area contributed by atoms with E-state index in [1.54, 1.807) is 0 Å². The Morgan fingerprint density at radius 2 is 1.81 bits per heavy atom. The molecule has 0 spiro atoms. The van der Waals surface area contributed by atoms with Crippen molar-refractivity contribution in [2.45, 2.75) is 34.2 Å². The zero-order valence-electron chi connectivity index (χ0n) is 16.5. The van der Waals surface area contributed by atoms with Crippen LogP contribution in [0.1, 0.15) is 29.2 Å². The zero-order chi connectivity index (χ0) is 18.7. The minimum atomic E-state index is 0. The molecule has 1 amide bonds. The lowest BCUT2D eigenvalue weighted by atomic mass is 9.88. The molecule has 1 aliphatic rings. The lowest BCUT2D eigenvalue weighted by Gasteiger charge is -2.31. The van der Waals surface area contributed by atoms with E-state index in [0.717, 1.165) is 35.7 Å². The minimum absolute atomic E-state index is 0. The standard InChI is InChI=1S/C22H28N2O2.ClH/c1-14-7-15(2)9-20(8-14)26-21-6-5-18(10-16(21)3)11-24-22(25)17(4)19-12-23-13-19;/h5-10,17,19,23H,11-13H2,1-4H3,(H,24,25);1H. The highest BCUT2D eigenvalue weighted by Crippen LogP contribution is 2.27. The Balaban J connectivity index is 0.00000261. The second kappa shape index (κ2) is 9.25. The average Bonchev–Trinajstić information content (AvgIpc) is 2.52. The van der Waals surface area contributed by atoms with E-state index in [9.17, 15) is 4.79 Å². The number of amides is 1. The molecule has 5 heteroatoms. The number of benzene rings is 2. The van der Waals surface area contributed by atoms with Gasteiger partial charge in [-0.15, -0.1) is 12.4 Å². The molecule has 1 fully saturated rings. The molecule has 1 unspecified atom stereocenters. The van der Waals surface area contributed by atoms with Crippen molar-refractivity contribution in [1.29, 1.82) is 0 Å². The van der Waals surface area contributed by atoms with Gasteiger partial charge in [-0.3, -0.25) is 4.79 Å². The summed E-state index contributed by atoms with van der Waals surface area (Å²) in [6, 6.07) is 12.3. The first-order chi connectivity index (χ1) is 12.4. The van der Waals surface area contributed by atoms with Crippen molar-refractivity contribution >= 4 is 18.3 Å². The topological polar surface area (TPSA) is 50.4 Å². The summed E-state index contributed by atoms with van der Waals surface area (Å²) in [6.45, 7) is 10.6. The number of carbonyl (C=O) groups is 1. The Labute approximate surface area is 168 Å². The fourth-order valence-electron chi connectivity index (χ4n) is 3.28. The van der Waals surface area contributed by atoms with Gasteiger partial charge in [0.05, 0.1) is 0 Å². The number of rotatable bonds is 6. The molecular formula is C22H29ClN2O2. The molecule has 0 bridgehead atoms. The van der Waals surface area contributed by atoms with E-state index in [2.05, 4.69) is 36.6 Å². The molecule has 1 heterocycles. The molecule has 0 aliphatic carbocycles. The van der Waals surface area contributed by atoms with Gasteiger partial charge in [-0.25, -0.2) is 0 Å². The zero-order valence-corrected chi connectivity index (χ0v) is 17.3. The van der Waals surface area contributed by atoms with E-state index in [4.69, 9.17) is 4.74 Å². The fraction of sp³-hybridized carbons (Fsp3) is 0.409. The van der Waals surface area contributed by atoms with E-state index >= 15 is 0 Å². The van der Waals surface area contributed by atoms with Crippen LogP contribution >= 0.6 is 12.4 Å². The van der Waals surface area contributed by atoms with Gasteiger partial charge in [0.2, 0.25) is 5.91 Å². The second-order valence-corrected chi connectivity index (χ2v) is 7.45. The van der Waals surface area contributed by atoms with Crippen molar-refractivity contribution in [3.63, 3.8) is 0 Å². The van der Waals surface area contributed by atoms with Gasteiger partial charge in [0.1, 0.15) is 11.5 Å². The van der Waals surface area contributed by atoms with Crippen molar-refractivity contribution < 1.29 is 9.53 Å². The number of halogens is 1. The summed E-state index contributed by atoms with van der Waals surface area (Å²) >= 11 is 0. The van der Waals surface area contributed by atoms with E-state index in [1.165, 1.54) is 11.1 Å².